The van der Waals surface area contributed by atoms with E-state index in [4.69, 9.17) is 5.73 Å². The predicted molar refractivity (Wildman–Crippen MR) is 80.7 cm³/mol. The molecule has 1 aromatic heterocycles. The summed E-state index contributed by atoms with van der Waals surface area (Å²) in [6.07, 6.45) is 7.12. The molecule has 3 N–H and O–H groups in total. The second kappa shape index (κ2) is 5.91. The van der Waals surface area contributed by atoms with Crippen molar-refractivity contribution in [3.05, 3.63) is 16.2 Å². The van der Waals surface area contributed by atoms with Gasteiger partial charge < -0.3 is 11.1 Å². The van der Waals surface area contributed by atoms with Crippen LogP contribution in [0.3, 0.4) is 0 Å². The average molecular weight is 312 g/mol. The Bertz CT molecular complexity index is 412. The first-order valence-electron chi connectivity index (χ1n) is 6.72. The Balaban J connectivity index is 1.92. The van der Waals surface area contributed by atoms with Gasteiger partial charge in [-0.15, -0.1) is 0 Å². The predicted octanol–water partition coefficient (Wildman–Crippen LogP) is 3.97. The summed E-state index contributed by atoms with van der Waals surface area (Å²) in [5.41, 5.74) is 7.62. The summed E-state index contributed by atoms with van der Waals surface area (Å²) in [4.78, 5) is 4.36. The van der Waals surface area contributed by atoms with E-state index in [0.29, 0.717) is 0 Å². The number of rotatable bonds is 3. The summed E-state index contributed by atoms with van der Waals surface area (Å²) in [5.74, 6) is 2.61. The lowest BCUT2D eigenvalue weighted by atomic mass is 9.83. The third-order valence-electron chi connectivity index (χ3n) is 4.00. The molecule has 100 valence electrons. The Morgan fingerprint density at radius 2 is 2.06 bits per heavy atom. The van der Waals surface area contributed by atoms with Gasteiger partial charge in [0.15, 0.2) is 0 Å². The third-order valence-corrected chi connectivity index (χ3v) is 4.97. The zero-order valence-corrected chi connectivity index (χ0v) is 12.8. The smallest absolute Gasteiger partial charge is 0.140 e. The quantitative estimate of drug-likeness (QED) is 0.888. The van der Waals surface area contributed by atoms with Gasteiger partial charge in [0.1, 0.15) is 5.82 Å². The van der Waals surface area contributed by atoms with E-state index in [0.717, 1.165) is 39.9 Å². The second-order valence-corrected chi connectivity index (χ2v) is 6.30. The molecule has 4 heteroatoms. The van der Waals surface area contributed by atoms with Crippen molar-refractivity contribution in [3.8, 4) is 0 Å². The van der Waals surface area contributed by atoms with E-state index >= 15 is 0 Å². The van der Waals surface area contributed by atoms with E-state index in [2.05, 4.69) is 33.2 Å². The summed E-state index contributed by atoms with van der Waals surface area (Å²) in [5, 5.41) is 3.45. The Morgan fingerprint density at radius 3 is 2.72 bits per heavy atom. The average Bonchev–Trinajstić information content (AvgIpc) is 2.37. The van der Waals surface area contributed by atoms with Crippen LogP contribution in [0, 0.1) is 18.8 Å². The molecule has 0 bridgehead atoms. The van der Waals surface area contributed by atoms with Crippen molar-refractivity contribution < 1.29 is 0 Å². The number of halogens is 1. The highest BCUT2D eigenvalue weighted by molar-refractivity contribution is 9.10. The lowest BCUT2D eigenvalue weighted by molar-refractivity contribution is 0.300. The van der Waals surface area contributed by atoms with Gasteiger partial charge in [-0.2, -0.15) is 0 Å². The number of pyridine rings is 1. The van der Waals surface area contributed by atoms with Crippen molar-refractivity contribution in [1.29, 1.82) is 0 Å². The van der Waals surface area contributed by atoms with Gasteiger partial charge in [-0.25, -0.2) is 4.98 Å². The first-order valence-corrected chi connectivity index (χ1v) is 7.51. The number of nitrogens with two attached hydrogens (primary N) is 1. The van der Waals surface area contributed by atoms with Crippen molar-refractivity contribution in [1.82, 2.24) is 4.98 Å². The fourth-order valence-corrected chi connectivity index (χ4v) is 2.96. The van der Waals surface area contributed by atoms with Crippen molar-refractivity contribution in [2.75, 3.05) is 17.6 Å². The molecule has 1 saturated carbocycles. The van der Waals surface area contributed by atoms with E-state index < -0.39 is 0 Å². The number of hydrogen-bond donors (Lipinski definition) is 2. The lowest BCUT2D eigenvalue weighted by Crippen LogP contribution is -2.20. The zero-order chi connectivity index (χ0) is 13.1. The van der Waals surface area contributed by atoms with Gasteiger partial charge in [-0.05, 0) is 53.1 Å². The molecule has 0 radical (unpaired) electrons. The van der Waals surface area contributed by atoms with Crippen LogP contribution in [-0.4, -0.2) is 11.5 Å². The lowest BCUT2D eigenvalue weighted by Gasteiger charge is -2.26. The molecule has 1 aliphatic carbocycles. The first-order chi connectivity index (χ1) is 8.58. The van der Waals surface area contributed by atoms with E-state index in [1.165, 1.54) is 25.7 Å². The van der Waals surface area contributed by atoms with Crippen LogP contribution in [-0.2, 0) is 0 Å². The van der Waals surface area contributed by atoms with Gasteiger partial charge >= 0.3 is 0 Å². The monoisotopic (exact) mass is 311 g/mol. The molecule has 1 fully saturated rings. The van der Waals surface area contributed by atoms with Crippen molar-refractivity contribution in [3.63, 3.8) is 0 Å². The van der Waals surface area contributed by atoms with Gasteiger partial charge in [0.25, 0.3) is 0 Å². The van der Waals surface area contributed by atoms with E-state index in [1.807, 2.05) is 6.92 Å². The minimum absolute atomic E-state index is 0.735. The van der Waals surface area contributed by atoms with Crippen LogP contribution in [0.2, 0.25) is 0 Å². The Kier molecular flexibility index (Phi) is 4.49. The largest absolute Gasteiger partial charge is 0.397 e. The van der Waals surface area contributed by atoms with Crippen LogP contribution in [0.1, 0.15) is 38.2 Å². The van der Waals surface area contributed by atoms with E-state index in [-0.39, 0.29) is 0 Å². The maximum atomic E-state index is 5.82. The molecule has 1 aliphatic rings. The molecule has 0 saturated heterocycles. The molecule has 2 rings (SSSR count). The number of hydrogen-bond acceptors (Lipinski definition) is 3. The molecule has 0 amide bonds. The molecule has 0 aromatic carbocycles. The summed E-state index contributed by atoms with van der Waals surface area (Å²) in [7, 11) is 0. The summed E-state index contributed by atoms with van der Waals surface area (Å²) in [6.45, 7) is 5.38. The first kappa shape index (κ1) is 13.7. The van der Waals surface area contributed by atoms with Crippen molar-refractivity contribution >= 4 is 27.4 Å². The van der Waals surface area contributed by atoms with Crippen LogP contribution in [0.15, 0.2) is 10.7 Å². The molecule has 0 aliphatic heterocycles. The fraction of sp³-hybridized carbons (Fsp3) is 0.643. The topological polar surface area (TPSA) is 50.9 Å². The Hall–Kier alpha value is -0.770. The number of aromatic nitrogens is 1. The highest BCUT2D eigenvalue weighted by Gasteiger charge is 2.18. The molecular weight excluding hydrogens is 290 g/mol. The van der Waals surface area contributed by atoms with Crippen molar-refractivity contribution in [2.24, 2.45) is 11.8 Å². The zero-order valence-electron chi connectivity index (χ0n) is 11.2. The summed E-state index contributed by atoms with van der Waals surface area (Å²) < 4.78 is 0.992. The van der Waals surface area contributed by atoms with Gasteiger partial charge in [0.2, 0.25) is 0 Å². The minimum Gasteiger partial charge on any atom is -0.397 e. The van der Waals surface area contributed by atoms with Gasteiger partial charge in [-0.3, -0.25) is 0 Å². The van der Waals surface area contributed by atoms with Gasteiger partial charge in [0, 0.05) is 6.54 Å². The molecule has 3 nitrogen and oxygen atoms in total. The normalized spacial score (nSPS) is 23.9. The highest BCUT2D eigenvalue weighted by atomic mass is 79.9. The standard InChI is InChI=1S/C14H22BrN3/c1-9-3-5-11(6-4-9)7-17-14-13(15)10(2)12(16)8-18-14/h8-9,11H,3-7,16H2,1-2H3,(H,17,18). The summed E-state index contributed by atoms with van der Waals surface area (Å²) in [6, 6.07) is 0. The van der Waals surface area contributed by atoms with E-state index in [1.54, 1.807) is 6.20 Å². The molecular formula is C14H22BrN3. The maximum Gasteiger partial charge on any atom is 0.140 e. The fourth-order valence-electron chi connectivity index (χ4n) is 2.49. The summed E-state index contributed by atoms with van der Waals surface area (Å²) >= 11 is 3.56. The molecule has 1 aromatic rings. The molecule has 1 heterocycles. The van der Waals surface area contributed by atoms with Crippen LogP contribution in [0.25, 0.3) is 0 Å². The van der Waals surface area contributed by atoms with Gasteiger partial charge in [0.05, 0.1) is 16.4 Å². The number of nitrogen functional groups attached to an aromatic ring is 1. The van der Waals surface area contributed by atoms with Gasteiger partial charge in [-0.1, -0.05) is 19.8 Å². The number of nitrogens with zero attached hydrogens (tertiary/aromatic N) is 1. The minimum atomic E-state index is 0.735. The number of nitrogens with one attached hydrogen (secondary N) is 1. The highest BCUT2D eigenvalue weighted by Crippen LogP contribution is 2.30. The third kappa shape index (κ3) is 3.16. The van der Waals surface area contributed by atoms with Crippen molar-refractivity contribution in [2.45, 2.75) is 39.5 Å². The molecule has 0 unspecified atom stereocenters. The second-order valence-electron chi connectivity index (χ2n) is 5.51. The SMILES string of the molecule is Cc1c(N)cnc(NCC2CCC(C)CC2)c1Br. The molecule has 18 heavy (non-hydrogen) atoms. The Labute approximate surface area is 118 Å². The van der Waals surface area contributed by atoms with Crippen LogP contribution < -0.4 is 11.1 Å². The van der Waals surface area contributed by atoms with Crippen LogP contribution >= 0.6 is 15.9 Å². The molecule has 0 spiro atoms. The Morgan fingerprint density at radius 1 is 1.39 bits per heavy atom. The van der Waals surface area contributed by atoms with E-state index in [9.17, 15) is 0 Å². The van der Waals surface area contributed by atoms with Crippen LogP contribution in [0.5, 0.6) is 0 Å². The number of anilines is 2. The maximum absolute atomic E-state index is 5.82. The molecule has 0 atom stereocenters. The van der Waals surface area contributed by atoms with Crippen LogP contribution in [0.4, 0.5) is 11.5 Å².